The van der Waals surface area contributed by atoms with Crippen LogP contribution >= 0.6 is 11.3 Å². The smallest absolute Gasteiger partial charge is 0.0869 e. The van der Waals surface area contributed by atoms with Crippen LogP contribution < -0.4 is 0 Å². The van der Waals surface area contributed by atoms with Gasteiger partial charge in [0, 0.05) is 23.7 Å². The minimum atomic E-state index is 0.350. The first-order valence-corrected chi connectivity index (χ1v) is 8.37. The van der Waals surface area contributed by atoms with Gasteiger partial charge in [-0.2, -0.15) is 5.26 Å². The molecule has 0 aliphatic carbocycles. The summed E-state index contributed by atoms with van der Waals surface area (Å²) in [4.78, 5) is 2.24. The number of rotatable bonds is 2. The summed E-state index contributed by atoms with van der Waals surface area (Å²) in [6.45, 7) is 2.28. The minimum absolute atomic E-state index is 0.350. The summed E-state index contributed by atoms with van der Waals surface area (Å²) in [6.07, 6.45) is 0. The molecule has 3 heteroatoms. The summed E-state index contributed by atoms with van der Waals surface area (Å²) in [6, 6.07) is 19.9. The van der Waals surface area contributed by atoms with Crippen LogP contribution in [0.15, 0.2) is 53.9 Å². The van der Waals surface area contributed by atoms with E-state index >= 15 is 0 Å². The standard InChI is InChI=1S/C19H16N2S/c20-8-9-21-12-16-3-1-2-4-17(16)18(13-21)14-5-6-19-15(11-14)7-10-22-19/h1-7,10-11,18H,9,12-13H2. The Labute approximate surface area is 134 Å². The molecule has 2 aromatic carbocycles. The van der Waals surface area contributed by atoms with Crippen LogP contribution in [-0.4, -0.2) is 18.0 Å². The molecule has 108 valence electrons. The van der Waals surface area contributed by atoms with E-state index in [0.29, 0.717) is 12.5 Å². The maximum absolute atomic E-state index is 9.05. The highest BCUT2D eigenvalue weighted by atomic mass is 32.1. The Morgan fingerprint density at radius 1 is 1.18 bits per heavy atom. The van der Waals surface area contributed by atoms with Gasteiger partial charge in [0.2, 0.25) is 0 Å². The third-order valence-corrected chi connectivity index (χ3v) is 5.34. The third-order valence-electron chi connectivity index (χ3n) is 4.44. The van der Waals surface area contributed by atoms with E-state index in [9.17, 15) is 0 Å². The highest BCUT2D eigenvalue weighted by Crippen LogP contribution is 2.35. The molecule has 1 atom stereocenters. The number of nitrogens with zero attached hydrogens (tertiary/aromatic N) is 2. The molecule has 0 saturated carbocycles. The first kappa shape index (κ1) is 13.5. The molecule has 0 bridgehead atoms. The first-order chi connectivity index (χ1) is 10.8. The molecule has 0 N–H and O–H groups in total. The fourth-order valence-corrected chi connectivity index (χ4v) is 4.16. The topological polar surface area (TPSA) is 27.0 Å². The van der Waals surface area contributed by atoms with Gasteiger partial charge in [0.15, 0.2) is 0 Å². The summed E-state index contributed by atoms with van der Waals surface area (Å²) >= 11 is 1.78. The van der Waals surface area contributed by atoms with E-state index in [0.717, 1.165) is 13.1 Å². The van der Waals surface area contributed by atoms with Crippen LogP contribution in [0, 0.1) is 11.3 Å². The molecule has 0 spiro atoms. The second-order valence-electron chi connectivity index (χ2n) is 5.80. The van der Waals surface area contributed by atoms with Crippen molar-refractivity contribution < 1.29 is 0 Å². The summed E-state index contributed by atoms with van der Waals surface area (Å²) < 4.78 is 1.33. The molecule has 0 amide bonds. The van der Waals surface area contributed by atoms with Gasteiger partial charge in [0.05, 0.1) is 12.6 Å². The summed E-state index contributed by atoms with van der Waals surface area (Å²) in [5.74, 6) is 0.350. The Morgan fingerprint density at radius 2 is 2.09 bits per heavy atom. The van der Waals surface area contributed by atoms with E-state index in [4.69, 9.17) is 5.26 Å². The van der Waals surface area contributed by atoms with Gasteiger partial charge in [0.25, 0.3) is 0 Å². The average molecular weight is 304 g/mol. The first-order valence-electron chi connectivity index (χ1n) is 7.49. The molecular weight excluding hydrogens is 288 g/mol. The molecular formula is C19H16N2S. The summed E-state index contributed by atoms with van der Waals surface area (Å²) in [5, 5.41) is 12.5. The lowest BCUT2D eigenvalue weighted by atomic mass is 9.84. The van der Waals surface area contributed by atoms with Gasteiger partial charge in [-0.25, -0.2) is 0 Å². The third kappa shape index (κ3) is 2.31. The van der Waals surface area contributed by atoms with Gasteiger partial charge >= 0.3 is 0 Å². The Bertz CT molecular complexity index is 859. The minimum Gasteiger partial charge on any atom is -0.285 e. The zero-order valence-corrected chi connectivity index (χ0v) is 13.0. The fourth-order valence-electron chi connectivity index (χ4n) is 3.39. The fraction of sp³-hybridized carbons (Fsp3) is 0.211. The van der Waals surface area contributed by atoms with Crippen LogP contribution in [0.4, 0.5) is 0 Å². The van der Waals surface area contributed by atoms with Crippen molar-refractivity contribution in [3.63, 3.8) is 0 Å². The molecule has 2 nitrogen and oxygen atoms in total. The Balaban J connectivity index is 1.80. The Morgan fingerprint density at radius 3 is 3.00 bits per heavy atom. The van der Waals surface area contributed by atoms with E-state index in [1.165, 1.54) is 26.8 Å². The zero-order valence-electron chi connectivity index (χ0n) is 12.2. The largest absolute Gasteiger partial charge is 0.285 e. The van der Waals surface area contributed by atoms with Crippen molar-refractivity contribution in [2.45, 2.75) is 12.5 Å². The maximum Gasteiger partial charge on any atom is 0.0869 e. The number of hydrogen-bond acceptors (Lipinski definition) is 3. The van der Waals surface area contributed by atoms with Gasteiger partial charge in [-0.3, -0.25) is 4.90 Å². The van der Waals surface area contributed by atoms with Crippen LogP contribution in [0.25, 0.3) is 10.1 Å². The number of hydrogen-bond donors (Lipinski definition) is 0. The molecule has 1 aromatic heterocycles. The SMILES string of the molecule is N#CCN1Cc2ccccc2C(c2ccc3sccc3c2)C1. The number of fused-ring (bicyclic) bond motifs is 2. The lowest BCUT2D eigenvalue weighted by Gasteiger charge is -2.33. The van der Waals surface area contributed by atoms with Gasteiger partial charge in [-0.15, -0.1) is 11.3 Å². The van der Waals surface area contributed by atoms with Crippen LogP contribution in [-0.2, 0) is 6.54 Å². The van der Waals surface area contributed by atoms with Gasteiger partial charge in [-0.1, -0.05) is 30.3 Å². The van der Waals surface area contributed by atoms with E-state index in [2.05, 4.69) is 64.9 Å². The predicted octanol–water partition coefficient (Wildman–Crippen LogP) is 4.37. The highest BCUT2D eigenvalue weighted by molar-refractivity contribution is 7.17. The lowest BCUT2D eigenvalue weighted by molar-refractivity contribution is 0.269. The van der Waals surface area contributed by atoms with Crippen LogP contribution in [0.5, 0.6) is 0 Å². The van der Waals surface area contributed by atoms with Crippen molar-refractivity contribution >= 4 is 21.4 Å². The summed E-state index contributed by atoms with van der Waals surface area (Å²) in [5.41, 5.74) is 4.10. The maximum atomic E-state index is 9.05. The molecule has 0 saturated heterocycles. The van der Waals surface area contributed by atoms with Crippen molar-refractivity contribution in [2.75, 3.05) is 13.1 Å². The molecule has 0 fully saturated rings. The van der Waals surface area contributed by atoms with Crippen molar-refractivity contribution in [2.24, 2.45) is 0 Å². The molecule has 1 aliphatic heterocycles. The number of benzene rings is 2. The molecule has 3 aromatic rings. The normalized spacial score (nSPS) is 18.0. The van der Waals surface area contributed by atoms with E-state index < -0.39 is 0 Å². The average Bonchev–Trinajstić information content (AvgIpc) is 3.02. The van der Waals surface area contributed by atoms with Crippen molar-refractivity contribution in [1.29, 1.82) is 5.26 Å². The van der Waals surface area contributed by atoms with Crippen molar-refractivity contribution in [3.8, 4) is 6.07 Å². The zero-order chi connectivity index (χ0) is 14.9. The number of thiophene rings is 1. The van der Waals surface area contributed by atoms with Gasteiger partial charge in [-0.05, 0) is 45.7 Å². The monoisotopic (exact) mass is 304 g/mol. The van der Waals surface area contributed by atoms with Crippen molar-refractivity contribution in [1.82, 2.24) is 4.90 Å². The molecule has 22 heavy (non-hydrogen) atoms. The van der Waals surface area contributed by atoms with Crippen molar-refractivity contribution in [3.05, 3.63) is 70.6 Å². The highest BCUT2D eigenvalue weighted by Gasteiger charge is 2.26. The van der Waals surface area contributed by atoms with E-state index in [-0.39, 0.29) is 0 Å². The molecule has 1 aliphatic rings. The number of nitriles is 1. The quantitative estimate of drug-likeness (QED) is 0.657. The molecule has 1 unspecified atom stereocenters. The van der Waals surface area contributed by atoms with Crippen LogP contribution in [0.2, 0.25) is 0 Å². The van der Waals surface area contributed by atoms with Gasteiger partial charge in [0.1, 0.15) is 0 Å². The summed E-state index contributed by atoms with van der Waals surface area (Å²) in [7, 11) is 0. The van der Waals surface area contributed by atoms with Crippen LogP contribution in [0.1, 0.15) is 22.6 Å². The molecule has 4 rings (SSSR count). The second kappa shape index (κ2) is 5.57. The van der Waals surface area contributed by atoms with Gasteiger partial charge < -0.3 is 0 Å². The Kier molecular flexibility index (Phi) is 3.42. The molecule has 2 heterocycles. The second-order valence-corrected chi connectivity index (χ2v) is 6.74. The predicted molar refractivity (Wildman–Crippen MR) is 91.0 cm³/mol. The van der Waals surface area contributed by atoms with Crippen LogP contribution in [0.3, 0.4) is 0 Å². The molecule has 0 radical (unpaired) electrons. The van der Waals surface area contributed by atoms with E-state index in [1.54, 1.807) is 11.3 Å². The van der Waals surface area contributed by atoms with E-state index in [1.807, 2.05) is 0 Å². The Hall–Kier alpha value is -2.15. The lowest BCUT2D eigenvalue weighted by Crippen LogP contribution is -2.34.